The van der Waals surface area contributed by atoms with Gasteiger partial charge in [-0.1, -0.05) is 30.3 Å². The zero-order chi connectivity index (χ0) is 33.3. The minimum absolute atomic E-state index is 0.0849. The number of methoxy groups -OCH3 is 2. The second-order valence-electron chi connectivity index (χ2n) is 10.5. The molecular weight excluding hydrogens is 620 g/mol. The van der Waals surface area contributed by atoms with Crippen LogP contribution in [0.15, 0.2) is 115 Å². The molecule has 1 heterocycles. The molecule has 0 saturated carbocycles. The molecule has 0 radical (unpaired) electrons. The van der Waals surface area contributed by atoms with Crippen molar-refractivity contribution in [3.8, 4) is 34.1 Å². The van der Waals surface area contributed by atoms with Crippen LogP contribution in [0.5, 0.6) is 11.5 Å². The Morgan fingerprint density at radius 2 is 1.00 bits per heavy atom. The highest BCUT2D eigenvalue weighted by Crippen LogP contribution is 2.40. The summed E-state index contributed by atoms with van der Waals surface area (Å²) in [6.07, 6.45) is -10.0. The second-order valence-corrected chi connectivity index (χ2v) is 10.5. The van der Waals surface area contributed by atoms with E-state index in [1.165, 1.54) is 0 Å². The summed E-state index contributed by atoms with van der Waals surface area (Å²) in [4.78, 5) is 10.9. The largest absolute Gasteiger partial charge is 0.497 e. The number of hydrogen-bond donors (Lipinski definition) is 0. The third-order valence-corrected chi connectivity index (χ3v) is 7.51. The average molecular weight is 646 g/mol. The monoisotopic (exact) mass is 645 g/mol. The first-order valence-corrected chi connectivity index (χ1v) is 14.2. The van der Waals surface area contributed by atoms with Gasteiger partial charge < -0.3 is 14.4 Å². The van der Waals surface area contributed by atoms with Crippen molar-refractivity contribution in [2.24, 2.45) is 0 Å². The van der Waals surface area contributed by atoms with Gasteiger partial charge in [-0.3, -0.25) is 0 Å². The lowest BCUT2D eigenvalue weighted by Crippen LogP contribution is -2.11. The Morgan fingerprint density at radius 3 is 1.47 bits per heavy atom. The number of benzene rings is 5. The van der Waals surface area contributed by atoms with E-state index in [0.29, 0.717) is 45.8 Å². The van der Waals surface area contributed by atoms with Gasteiger partial charge in [0.05, 0.1) is 36.6 Å². The third-order valence-electron chi connectivity index (χ3n) is 7.51. The van der Waals surface area contributed by atoms with Crippen molar-refractivity contribution < 1.29 is 35.8 Å². The molecule has 0 unspecified atom stereocenters. The van der Waals surface area contributed by atoms with Crippen LogP contribution < -0.4 is 14.4 Å². The number of alkyl halides is 6. The van der Waals surface area contributed by atoms with Gasteiger partial charge in [-0.05, 0) is 84.9 Å². The van der Waals surface area contributed by atoms with E-state index in [-0.39, 0.29) is 11.9 Å². The van der Waals surface area contributed by atoms with Gasteiger partial charge in [0, 0.05) is 33.6 Å². The Kier molecular flexibility index (Phi) is 8.23. The quantitative estimate of drug-likeness (QED) is 0.162. The fourth-order valence-electron chi connectivity index (χ4n) is 5.19. The number of para-hydroxylation sites is 1. The summed E-state index contributed by atoms with van der Waals surface area (Å²) in [6.45, 7) is 0. The predicted octanol–water partition coefficient (Wildman–Crippen LogP) is 10.5. The normalized spacial score (nSPS) is 11.8. The molecular formula is C36H25F6N3O2. The van der Waals surface area contributed by atoms with Gasteiger partial charge in [-0.25, -0.2) is 9.97 Å². The highest BCUT2D eigenvalue weighted by atomic mass is 19.4. The van der Waals surface area contributed by atoms with E-state index in [2.05, 4.69) is 9.97 Å². The van der Waals surface area contributed by atoms with Crippen molar-refractivity contribution in [1.29, 1.82) is 0 Å². The van der Waals surface area contributed by atoms with Crippen molar-refractivity contribution in [3.05, 3.63) is 126 Å². The third kappa shape index (κ3) is 6.55. The predicted molar refractivity (Wildman–Crippen MR) is 168 cm³/mol. The molecule has 0 fully saturated rings. The molecule has 5 aromatic carbocycles. The first-order chi connectivity index (χ1) is 22.4. The van der Waals surface area contributed by atoms with Crippen LogP contribution in [0.2, 0.25) is 0 Å². The van der Waals surface area contributed by atoms with Crippen molar-refractivity contribution in [1.82, 2.24) is 9.97 Å². The number of rotatable bonds is 7. The zero-order valence-corrected chi connectivity index (χ0v) is 24.9. The van der Waals surface area contributed by atoms with Crippen LogP contribution in [-0.4, -0.2) is 24.2 Å². The molecule has 0 aliphatic heterocycles. The molecule has 0 aliphatic rings. The van der Waals surface area contributed by atoms with Crippen molar-refractivity contribution in [2.75, 3.05) is 19.1 Å². The molecule has 11 heteroatoms. The first kappa shape index (κ1) is 31.4. The van der Waals surface area contributed by atoms with Crippen LogP contribution in [0.4, 0.5) is 43.4 Å². The molecule has 1 aromatic heterocycles. The van der Waals surface area contributed by atoms with Crippen LogP contribution in [0, 0.1) is 0 Å². The number of hydrogen-bond acceptors (Lipinski definition) is 5. The summed E-state index contributed by atoms with van der Waals surface area (Å²) >= 11 is 0. The van der Waals surface area contributed by atoms with Gasteiger partial charge in [0.2, 0.25) is 0 Å². The summed E-state index contributed by atoms with van der Waals surface area (Å²) in [5.41, 5.74) is 0.456. The van der Waals surface area contributed by atoms with E-state index in [9.17, 15) is 26.3 Å². The maximum Gasteiger partial charge on any atom is 0.416 e. The van der Waals surface area contributed by atoms with Crippen molar-refractivity contribution in [3.63, 3.8) is 0 Å². The fraction of sp³-hybridized carbons (Fsp3) is 0.111. The molecule has 0 amide bonds. The molecule has 0 aliphatic carbocycles. The minimum atomic E-state index is -5.01. The summed E-state index contributed by atoms with van der Waals surface area (Å²) in [5.74, 6) is 1.11. The molecule has 6 rings (SSSR count). The number of anilines is 3. The Morgan fingerprint density at radius 1 is 0.532 bits per heavy atom. The second kappa shape index (κ2) is 12.3. The maximum absolute atomic E-state index is 13.6. The van der Waals surface area contributed by atoms with Crippen molar-refractivity contribution >= 4 is 28.0 Å². The maximum atomic E-state index is 13.6. The van der Waals surface area contributed by atoms with Crippen LogP contribution in [-0.2, 0) is 12.4 Å². The topological polar surface area (TPSA) is 47.5 Å². The molecule has 0 bridgehead atoms. The molecule has 0 atom stereocenters. The highest BCUT2D eigenvalue weighted by molar-refractivity contribution is 5.94. The van der Waals surface area contributed by atoms with Gasteiger partial charge in [-0.15, -0.1) is 0 Å². The Hall–Kier alpha value is -5.58. The van der Waals surface area contributed by atoms with Gasteiger partial charge >= 0.3 is 12.4 Å². The van der Waals surface area contributed by atoms with Gasteiger partial charge in [0.15, 0.2) is 5.82 Å². The lowest BCUT2D eigenvalue weighted by atomic mass is 10.0. The summed E-state index contributed by atoms with van der Waals surface area (Å²) in [7, 11) is 3.17. The number of aromatic nitrogens is 2. The van der Waals surface area contributed by atoms with Gasteiger partial charge in [0.1, 0.15) is 11.5 Å². The average Bonchev–Trinajstić information content (AvgIpc) is 3.08. The molecule has 47 heavy (non-hydrogen) atoms. The number of ether oxygens (including phenoxy) is 2. The lowest BCUT2D eigenvalue weighted by molar-refractivity contribution is -0.143. The summed E-state index contributed by atoms with van der Waals surface area (Å²) in [6, 6.07) is 30.4. The smallest absolute Gasteiger partial charge is 0.416 e. The molecule has 238 valence electrons. The SMILES string of the molecule is COc1ccc(N(c2ccc(OC)cc2)c2ccc(-c3nc(-c4cc(C(F)(F)F)cc(C(F)(F)F)c4)nc4ccccc34)cc2)cc1. The van der Waals surface area contributed by atoms with E-state index >= 15 is 0 Å². The van der Waals surface area contributed by atoms with E-state index in [0.717, 1.165) is 17.1 Å². The van der Waals surface area contributed by atoms with Crippen molar-refractivity contribution in [2.45, 2.75) is 12.4 Å². The molecule has 0 spiro atoms. The van der Waals surface area contributed by atoms with Gasteiger partial charge in [-0.2, -0.15) is 26.3 Å². The number of halogens is 6. The standard InChI is InChI=1S/C36H25F6N3O2/c1-46-29-15-11-27(12-16-29)45(28-13-17-30(47-2)18-14-28)26-9-7-22(8-10-26)33-31-5-3-4-6-32(31)43-34(44-33)23-19-24(35(37,38)39)21-25(20-23)36(40,41)42/h3-21H,1-2H3. The molecule has 6 aromatic rings. The highest BCUT2D eigenvalue weighted by Gasteiger charge is 2.37. The van der Waals surface area contributed by atoms with Crippen LogP contribution in [0.1, 0.15) is 11.1 Å². The molecule has 0 saturated heterocycles. The Balaban J connectivity index is 1.47. The van der Waals surface area contributed by atoms with Crippen LogP contribution >= 0.6 is 0 Å². The van der Waals surface area contributed by atoms with Crippen LogP contribution in [0.3, 0.4) is 0 Å². The van der Waals surface area contributed by atoms with E-state index < -0.39 is 29.0 Å². The first-order valence-electron chi connectivity index (χ1n) is 14.2. The fourth-order valence-corrected chi connectivity index (χ4v) is 5.19. The summed E-state index contributed by atoms with van der Waals surface area (Å²) < 4.78 is 92.5. The van der Waals surface area contributed by atoms with Gasteiger partial charge in [0.25, 0.3) is 0 Å². The van der Waals surface area contributed by atoms with E-state index in [1.54, 1.807) is 50.6 Å². The minimum Gasteiger partial charge on any atom is -0.497 e. The lowest BCUT2D eigenvalue weighted by Gasteiger charge is -2.26. The summed E-state index contributed by atoms with van der Waals surface area (Å²) in [5, 5.41) is 0.578. The van der Waals surface area contributed by atoms with Crippen LogP contribution in [0.25, 0.3) is 33.5 Å². The molecule has 5 nitrogen and oxygen atoms in total. The Labute approximate surface area is 265 Å². The van der Waals surface area contributed by atoms with E-state index in [4.69, 9.17) is 9.47 Å². The van der Waals surface area contributed by atoms with E-state index in [1.807, 2.05) is 65.6 Å². The zero-order valence-electron chi connectivity index (χ0n) is 24.9. The number of nitrogens with zero attached hydrogens (tertiary/aromatic N) is 3. The number of fused-ring (bicyclic) bond motifs is 1. The molecule has 0 N–H and O–H groups in total. The Bertz CT molecular complexity index is 1950.